The van der Waals surface area contributed by atoms with Crippen molar-refractivity contribution in [2.45, 2.75) is 11.7 Å². The third kappa shape index (κ3) is 5.23. The van der Waals surface area contributed by atoms with Gasteiger partial charge in [-0.25, -0.2) is 13.7 Å². The highest BCUT2D eigenvalue weighted by atomic mass is 32.2. The molecule has 3 rings (SSSR count). The number of hydrogen-bond donors (Lipinski definition) is 0. The summed E-state index contributed by atoms with van der Waals surface area (Å²) < 4.78 is 6.56. The average Bonchev–Trinajstić information content (AvgIpc) is 2.99. The Morgan fingerprint density at radius 3 is 2.15 bits per heavy atom. The summed E-state index contributed by atoms with van der Waals surface area (Å²) in [6.07, 6.45) is 12.8. The van der Waals surface area contributed by atoms with Crippen molar-refractivity contribution in [2.75, 3.05) is 24.7 Å². The predicted octanol–water partition coefficient (Wildman–Crippen LogP) is 3.17. The summed E-state index contributed by atoms with van der Waals surface area (Å²) in [7, 11) is 8.29. The van der Waals surface area contributed by atoms with Gasteiger partial charge in [-0.3, -0.25) is 0 Å². The molecule has 0 amide bonds. The van der Waals surface area contributed by atoms with E-state index in [0.717, 1.165) is 12.3 Å². The van der Waals surface area contributed by atoms with Crippen LogP contribution in [0.1, 0.15) is 11.1 Å². The molecular formula is C22H28N4S+2. The molecule has 3 aromatic rings. The van der Waals surface area contributed by atoms with E-state index in [-0.39, 0.29) is 0 Å². The molecule has 2 heterocycles. The highest BCUT2D eigenvalue weighted by Gasteiger charge is 2.12. The SMILES string of the molecule is CN(C)c1ccc(/C=C/c2cc[n+](CCSc3n(C)cc[n+]3C)cc2)cc1. The second kappa shape index (κ2) is 8.91. The molecule has 0 fully saturated rings. The Labute approximate surface area is 166 Å². The number of rotatable bonds is 7. The van der Waals surface area contributed by atoms with Crippen LogP contribution in [0.25, 0.3) is 12.2 Å². The number of anilines is 1. The van der Waals surface area contributed by atoms with Gasteiger partial charge in [0.25, 0.3) is 0 Å². The molecular weight excluding hydrogens is 352 g/mol. The Bertz CT molecular complexity index is 874. The zero-order valence-corrected chi connectivity index (χ0v) is 17.4. The lowest BCUT2D eigenvalue weighted by Crippen LogP contribution is -2.34. The first-order valence-corrected chi connectivity index (χ1v) is 10.1. The lowest BCUT2D eigenvalue weighted by molar-refractivity contribution is -0.709. The second-order valence-electron chi connectivity index (χ2n) is 6.84. The van der Waals surface area contributed by atoms with Crippen molar-refractivity contribution >= 4 is 29.6 Å². The van der Waals surface area contributed by atoms with E-state index in [1.54, 1.807) is 0 Å². The maximum absolute atomic E-state index is 2.24. The van der Waals surface area contributed by atoms with Crippen molar-refractivity contribution in [1.82, 2.24) is 4.57 Å². The molecule has 0 aliphatic heterocycles. The van der Waals surface area contributed by atoms with Gasteiger partial charge in [-0.1, -0.05) is 24.3 Å². The molecule has 0 bridgehead atoms. The van der Waals surface area contributed by atoms with Crippen LogP contribution >= 0.6 is 11.8 Å². The van der Waals surface area contributed by atoms with Gasteiger partial charge >= 0.3 is 5.16 Å². The maximum Gasteiger partial charge on any atom is 0.317 e. The van der Waals surface area contributed by atoms with Crippen LogP contribution in [0.5, 0.6) is 0 Å². The summed E-state index contributed by atoms with van der Waals surface area (Å²) in [6, 6.07) is 12.9. The van der Waals surface area contributed by atoms with Crippen LogP contribution in [0.15, 0.2) is 66.3 Å². The summed E-state index contributed by atoms with van der Waals surface area (Å²) in [4.78, 5) is 2.11. The number of hydrogen-bond acceptors (Lipinski definition) is 2. The van der Waals surface area contributed by atoms with E-state index in [1.165, 1.54) is 22.0 Å². The van der Waals surface area contributed by atoms with Gasteiger partial charge in [-0.05, 0) is 35.0 Å². The van der Waals surface area contributed by atoms with Crippen LogP contribution in [-0.4, -0.2) is 24.4 Å². The number of nitrogens with zero attached hydrogens (tertiary/aromatic N) is 4. The molecule has 5 heteroatoms. The van der Waals surface area contributed by atoms with Crippen molar-refractivity contribution in [3.8, 4) is 0 Å². The molecule has 1 aromatic carbocycles. The van der Waals surface area contributed by atoms with Gasteiger partial charge in [0.1, 0.15) is 12.4 Å². The van der Waals surface area contributed by atoms with Crippen molar-refractivity contribution < 1.29 is 9.13 Å². The second-order valence-corrected chi connectivity index (χ2v) is 7.90. The summed E-state index contributed by atoms with van der Waals surface area (Å²) in [5, 5.41) is 1.27. The van der Waals surface area contributed by atoms with Crippen LogP contribution in [0.2, 0.25) is 0 Å². The zero-order valence-electron chi connectivity index (χ0n) is 16.5. The van der Waals surface area contributed by atoms with Crippen molar-refractivity contribution in [2.24, 2.45) is 14.1 Å². The first-order chi connectivity index (χ1) is 13.0. The fourth-order valence-electron chi connectivity index (χ4n) is 2.83. The number of aryl methyl sites for hydroxylation is 3. The van der Waals surface area contributed by atoms with E-state index in [4.69, 9.17) is 0 Å². The highest BCUT2D eigenvalue weighted by Crippen LogP contribution is 2.14. The Morgan fingerprint density at radius 2 is 1.59 bits per heavy atom. The monoisotopic (exact) mass is 380 g/mol. The van der Waals surface area contributed by atoms with Gasteiger partial charge in [0.2, 0.25) is 0 Å². The van der Waals surface area contributed by atoms with Gasteiger partial charge in [0.05, 0.1) is 19.8 Å². The Balaban J connectivity index is 1.53. The van der Waals surface area contributed by atoms with Crippen LogP contribution in [0, 0.1) is 0 Å². The Kier molecular flexibility index (Phi) is 6.35. The van der Waals surface area contributed by atoms with Gasteiger partial charge in [-0.2, -0.15) is 0 Å². The third-order valence-corrected chi connectivity index (χ3v) is 5.71. The number of pyridine rings is 1. The van der Waals surface area contributed by atoms with Gasteiger partial charge in [0, 0.05) is 31.9 Å². The molecule has 0 saturated heterocycles. The summed E-state index contributed by atoms with van der Waals surface area (Å²) in [5.41, 5.74) is 3.64. The topological polar surface area (TPSA) is 15.9 Å². The number of aromatic nitrogens is 3. The van der Waals surface area contributed by atoms with E-state index in [9.17, 15) is 0 Å². The normalized spacial score (nSPS) is 11.3. The standard InChI is InChI=1S/C22H28N4S/c1-23(2)21-9-7-19(8-10-21)5-6-20-11-13-26(14-12-20)17-18-27-22-24(3)15-16-25(22)4/h5-16H,17-18H2,1-4H3/q+2. The van der Waals surface area contributed by atoms with E-state index in [1.807, 2.05) is 11.8 Å². The lowest BCUT2D eigenvalue weighted by Gasteiger charge is -2.11. The smallest absolute Gasteiger partial charge is 0.317 e. The maximum atomic E-state index is 2.24. The van der Waals surface area contributed by atoms with Gasteiger partial charge in [0.15, 0.2) is 18.9 Å². The summed E-state index contributed by atoms with van der Waals surface area (Å²) in [5.74, 6) is 1.05. The van der Waals surface area contributed by atoms with Crippen LogP contribution in [0.4, 0.5) is 5.69 Å². The van der Waals surface area contributed by atoms with Crippen LogP contribution < -0.4 is 14.0 Å². The van der Waals surface area contributed by atoms with Crippen molar-refractivity contribution in [1.29, 1.82) is 0 Å². The molecule has 0 N–H and O–H groups in total. The number of imidazole rings is 1. The quantitative estimate of drug-likeness (QED) is 0.462. The van der Waals surface area contributed by atoms with Crippen molar-refractivity contribution in [3.05, 3.63) is 72.3 Å². The fraction of sp³-hybridized carbons (Fsp3) is 0.273. The Morgan fingerprint density at radius 1 is 0.963 bits per heavy atom. The first kappa shape index (κ1) is 19.2. The molecule has 140 valence electrons. The van der Waals surface area contributed by atoms with E-state index in [2.05, 4.69) is 120 Å². The minimum atomic E-state index is 0.992. The van der Waals surface area contributed by atoms with E-state index >= 15 is 0 Å². The van der Waals surface area contributed by atoms with E-state index < -0.39 is 0 Å². The summed E-state index contributed by atoms with van der Waals surface area (Å²) in [6.45, 7) is 0.992. The lowest BCUT2D eigenvalue weighted by atomic mass is 10.1. The molecule has 0 saturated carbocycles. The summed E-state index contributed by atoms with van der Waals surface area (Å²) >= 11 is 1.88. The van der Waals surface area contributed by atoms with Crippen LogP contribution in [-0.2, 0) is 20.6 Å². The average molecular weight is 381 g/mol. The molecule has 4 nitrogen and oxygen atoms in total. The van der Waals surface area contributed by atoms with Gasteiger partial charge in [-0.15, -0.1) is 0 Å². The highest BCUT2D eigenvalue weighted by molar-refractivity contribution is 7.99. The minimum Gasteiger partial charge on any atom is -0.378 e. The fourth-order valence-corrected chi connectivity index (χ4v) is 3.84. The molecule has 27 heavy (non-hydrogen) atoms. The largest absolute Gasteiger partial charge is 0.378 e. The Hall–Kier alpha value is -2.53. The third-order valence-electron chi connectivity index (χ3n) is 4.49. The first-order valence-electron chi connectivity index (χ1n) is 9.11. The molecule has 0 spiro atoms. The minimum absolute atomic E-state index is 0.992. The number of benzene rings is 1. The molecule has 0 aliphatic carbocycles. The molecule has 0 atom stereocenters. The molecule has 0 unspecified atom stereocenters. The predicted molar refractivity (Wildman–Crippen MR) is 114 cm³/mol. The van der Waals surface area contributed by atoms with Gasteiger partial charge < -0.3 is 4.90 Å². The molecule has 0 aliphatic rings. The zero-order chi connectivity index (χ0) is 19.2. The molecule has 2 aromatic heterocycles. The van der Waals surface area contributed by atoms with E-state index in [0.29, 0.717) is 0 Å². The van der Waals surface area contributed by atoms with Crippen molar-refractivity contribution in [3.63, 3.8) is 0 Å². The molecule has 0 radical (unpaired) electrons. The van der Waals surface area contributed by atoms with Crippen LogP contribution in [0.3, 0.4) is 0 Å². The number of thioether (sulfide) groups is 1.